The summed E-state index contributed by atoms with van der Waals surface area (Å²) < 4.78 is 16.4. The predicted octanol–water partition coefficient (Wildman–Crippen LogP) is 11.3. The Balaban J connectivity index is 0.000000260. The molecule has 47 heavy (non-hydrogen) atoms. The van der Waals surface area contributed by atoms with Crippen molar-refractivity contribution >= 4 is 43.5 Å². The van der Waals surface area contributed by atoms with Crippen LogP contribution in [0.3, 0.4) is 0 Å². The first-order chi connectivity index (χ1) is 22.7. The summed E-state index contributed by atoms with van der Waals surface area (Å²) in [6, 6.07) is 36.8. The van der Waals surface area contributed by atoms with Crippen LogP contribution in [0.15, 0.2) is 108 Å². The van der Waals surface area contributed by atoms with E-state index in [1.165, 1.54) is 11.1 Å². The van der Waals surface area contributed by atoms with Crippen molar-refractivity contribution in [1.82, 2.24) is 15.0 Å². The maximum absolute atomic E-state index is 8.79. The van der Waals surface area contributed by atoms with Crippen molar-refractivity contribution in [1.29, 1.82) is 0 Å². The molecule has 6 heteroatoms. The third kappa shape index (κ3) is 6.29. The Morgan fingerprint density at radius 2 is 1.57 bits per heavy atom. The van der Waals surface area contributed by atoms with Crippen molar-refractivity contribution in [2.24, 2.45) is 0 Å². The van der Waals surface area contributed by atoms with Gasteiger partial charge in [0, 0.05) is 39.3 Å². The summed E-state index contributed by atoms with van der Waals surface area (Å²) in [4.78, 5) is 13.8. The fourth-order valence-electron chi connectivity index (χ4n) is 6.00. The molecule has 8 rings (SSSR count). The number of pyridine rings is 2. The molecule has 4 heterocycles. The maximum atomic E-state index is 8.79. The molecule has 0 atom stereocenters. The van der Waals surface area contributed by atoms with Crippen LogP contribution in [0.1, 0.15) is 42.8 Å². The van der Waals surface area contributed by atoms with Gasteiger partial charge in [-0.2, -0.15) is 0 Å². The molecule has 0 unspecified atom stereocenters. The van der Waals surface area contributed by atoms with Gasteiger partial charge in [0.05, 0.1) is 15.3 Å². The minimum atomic E-state index is -0.793. The Bertz CT molecular complexity index is 2320. The second-order valence-corrected chi connectivity index (χ2v) is 12.8. The van der Waals surface area contributed by atoms with Crippen LogP contribution in [-0.2, 0) is 20.1 Å². The zero-order valence-corrected chi connectivity index (χ0v) is 30.0. The van der Waals surface area contributed by atoms with Crippen LogP contribution in [0, 0.1) is 32.9 Å². The maximum Gasteiger partial charge on any atom is 0.148 e. The number of fused-ring (bicyclic) bond motifs is 5. The van der Waals surface area contributed by atoms with Crippen molar-refractivity contribution in [2.45, 2.75) is 40.5 Å². The summed E-state index contributed by atoms with van der Waals surface area (Å²) in [6.07, 6.45) is 3.64. The van der Waals surface area contributed by atoms with Gasteiger partial charge in [0.15, 0.2) is 0 Å². The minimum Gasteiger partial charge on any atom is -0.498 e. The summed E-state index contributed by atoms with van der Waals surface area (Å²) in [7, 11) is 0. The Morgan fingerprint density at radius 3 is 2.30 bits per heavy atom. The van der Waals surface area contributed by atoms with Crippen molar-refractivity contribution < 1.29 is 25.9 Å². The average Bonchev–Trinajstić information content (AvgIpc) is 3.65. The van der Waals surface area contributed by atoms with Crippen LogP contribution in [0.4, 0.5) is 0 Å². The standard InChI is InChI=1S/C30H25N2OS.C11H8N.Ir/c1-16(2)24-15-31-25(14-23(24)27-17(3)8-6-9-18(27)4)22-11-7-10-20-21-12-13-26-28(32-19(5)34-26)30(21)33-29(20)22;1-2-6-10(7-3-1)11-8-4-5-9-12-11;/h6-10,12-16H,1-5H3;1-6,8-9H;/q2*-1;/i16D;;. The molecule has 4 aromatic heterocycles. The second-order valence-electron chi connectivity index (χ2n) is 11.6. The van der Waals surface area contributed by atoms with E-state index in [-0.39, 0.29) is 20.1 Å². The molecule has 0 spiro atoms. The molecule has 0 saturated carbocycles. The number of benzene rings is 4. The smallest absolute Gasteiger partial charge is 0.148 e. The summed E-state index contributed by atoms with van der Waals surface area (Å²) in [6.45, 7) is 10.1. The second kappa shape index (κ2) is 13.7. The molecule has 0 aliphatic rings. The number of thiazole rings is 1. The van der Waals surface area contributed by atoms with Crippen LogP contribution in [0.2, 0.25) is 0 Å². The fraction of sp³-hybridized carbons (Fsp3) is 0.146. The summed E-state index contributed by atoms with van der Waals surface area (Å²) in [5.41, 5.74) is 11.5. The van der Waals surface area contributed by atoms with Crippen molar-refractivity contribution in [3.63, 3.8) is 0 Å². The van der Waals surface area contributed by atoms with Gasteiger partial charge in [0.2, 0.25) is 0 Å². The topological polar surface area (TPSA) is 51.8 Å². The molecular formula is C41H33IrN3OS-2. The van der Waals surface area contributed by atoms with E-state index >= 15 is 0 Å². The first-order valence-electron chi connectivity index (χ1n) is 15.8. The average molecular weight is 809 g/mol. The van der Waals surface area contributed by atoms with E-state index in [0.717, 1.165) is 76.4 Å². The summed E-state index contributed by atoms with van der Waals surface area (Å²) in [5.74, 6) is -0.793. The Labute approximate surface area is 294 Å². The van der Waals surface area contributed by atoms with Crippen molar-refractivity contribution in [3.05, 3.63) is 137 Å². The molecule has 0 N–H and O–H groups in total. The largest absolute Gasteiger partial charge is 0.498 e. The number of hydrogen-bond donors (Lipinski definition) is 0. The number of aromatic nitrogens is 3. The molecule has 0 bridgehead atoms. The Kier molecular flexibility index (Phi) is 9.08. The van der Waals surface area contributed by atoms with E-state index in [9.17, 15) is 0 Å². The zero-order chi connectivity index (χ0) is 32.7. The number of nitrogens with zero attached hydrogens (tertiary/aromatic N) is 3. The molecule has 0 aliphatic heterocycles. The van der Waals surface area contributed by atoms with Gasteiger partial charge in [-0.05, 0) is 78.0 Å². The number of hydrogen-bond acceptors (Lipinski definition) is 5. The minimum absolute atomic E-state index is 0. The van der Waals surface area contributed by atoms with Crippen LogP contribution in [-0.4, -0.2) is 15.0 Å². The van der Waals surface area contributed by atoms with Crippen molar-refractivity contribution in [3.8, 4) is 33.6 Å². The molecule has 8 aromatic rings. The normalized spacial score (nSPS) is 11.6. The third-order valence-electron chi connectivity index (χ3n) is 8.16. The molecule has 0 amide bonds. The molecule has 0 fully saturated rings. The molecule has 4 nitrogen and oxygen atoms in total. The van der Waals surface area contributed by atoms with Crippen LogP contribution in [0.25, 0.3) is 65.8 Å². The van der Waals surface area contributed by atoms with E-state index in [0.29, 0.717) is 0 Å². The summed E-state index contributed by atoms with van der Waals surface area (Å²) in [5, 5.41) is 3.10. The molecule has 0 aliphatic carbocycles. The Morgan fingerprint density at radius 1 is 0.787 bits per heavy atom. The van der Waals surface area contributed by atoms with Crippen LogP contribution >= 0.6 is 11.3 Å². The molecule has 1 radical (unpaired) electrons. The van der Waals surface area contributed by atoms with Gasteiger partial charge in [-0.15, -0.1) is 65.4 Å². The number of rotatable bonds is 4. The zero-order valence-electron chi connectivity index (χ0n) is 27.8. The van der Waals surface area contributed by atoms with Gasteiger partial charge in [-0.3, -0.25) is 0 Å². The predicted molar refractivity (Wildman–Crippen MR) is 191 cm³/mol. The Hall–Kier alpha value is -4.48. The van der Waals surface area contributed by atoms with Crippen LogP contribution in [0.5, 0.6) is 0 Å². The monoisotopic (exact) mass is 809 g/mol. The van der Waals surface area contributed by atoms with E-state index < -0.39 is 5.89 Å². The molecule has 4 aromatic carbocycles. The SMILES string of the molecule is [2H]C(C)(C)c1cnc(-c2[c-]ccc3c2oc2c3ccc3sc(C)nc32)cc1-c1c(C)cccc1C.[Ir].[c-]1ccccc1-c1ccccn1. The van der Waals surface area contributed by atoms with Crippen molar-refractivity contribution in [2.75, 3.05) is 0 Å². The van der Waals surface area contributed by atoms with E-state index in [2.05, 4.69) is 67.4 Å². The molecule has 0 saturated heterocycles. The van der Waals surface area contributed by atoms with Gasteiger partial charge in [-0.25, -0.2) is 4.98 Å². The summed E-state index contributed by atoms with van der Waals surface area (Å²) >= 11 is 1.67. The van der Waals surface area contributed by atoms with E-state index in [1.54, 1.807) is 17.5 Å². The quantitative estimate of drug-likeness (QED) is 0.166. The fourth-order valence-corrected chi connectivity index (χ4v) is 6.83. The van der Waals surface area contributed by atoms with E-state index in [1.807, 2.05) is 81.6 Å². The van der Waals surface area contributed by atoms with E-state index in [4.69, 9.17) is 15.8 Å². The molecule has 235 valence electrons. The number of furan rings is 1. The van der Waals surface area contributed by atoms with Gasteiger partial charge in [0.1, 0.15) is 11.1 Å². The van der Waals surface area contributed by atoms with Crippen LogP contribution < -0.4 is 0 Å². The first-order valence-corrected chi connectivity index (χ1v) is 16.1. The van der Waals surface area contributed by atoms with Gasteiger partial charge in [-0.1, -0.05) is 67.3 Å². The first kappa shape index (κ1) is 31.1. The number of aryl methyl sites for hydroxylation is 3. The van der Waals surface area contributed by atoms with Gasteiger partial charge >= 0.3 is 0 Å². The molecular weight excluding hydrogens is 775 g/mol. The van der Waals surface area contributed by atoms with Gasteiger partial charge < -0.3 is 14.4 Å². The third-order valence-corrected chi connectivity index (χ3v) is 9.10. The van der Waals surface area contributed by atoms with Gasteiger partial charge in [0.25, 0.3) is 0 Å².